The number of fused-ring (bicyclic) bond motifs is 2. The number of rotatable bonds is 4. The molecule has 148 valence electrons. The summed E-state index contributed by atoms with van der Waals surface area (Å²) < 4.78 is 16.0. The molecule has 0 bridgehead atoms. The summed E-state index contributed by atoms with van der Waals surface area (Å²) >= 11 is 0. The van der Waals surface area contributed by atoms with E-state index in [9.17, 15) is 14.0 Å². The predicted octanol–water partition coefficient (Wildman–Crippen LogP) is 4.60. The van der Waals surface area contributed by atoms with Gasteiger partial charge in [0.25, 0.3) is 11.7 Å². The molecule has 4 aromatic rings. The lowest BCUT2D eigenvalue weighted by atomic mass is 10.1. The number of ketones is 1. The average molecular weight is 398 g/mol. The van der Waals surface area contributed by atoms with Gasteiger partial charge in [0.05, 0.1) is 12.1 Å². The van der Waals surface area contributed by atoms with Crippen LogP contribution in [-0.4, -0.2) is 22.8 Å². The van der Waals surface area contributed by atoms with Gasteiger partial charge < -0.3 is 9.47 Å². The molecular formula is C25H19FN2O2. The number of nitrogens with zero attached hydrogens (tertiary/aromatic N) is 2. The van der Waals surface area contributed by atoms with E-state index in [0.29, 0.717) is 23.1 Å². The molecule has 0 N–H and O–H groups in total. The summed E-state index contributed by atoms with van der Waals surface area (Å²) in [6.07, 6.45) is 2.41. The summed E-state index contributed by atoms with van der Waals surface area (Å²) in [6.45, 7) is 0.777. The van der Waals surface area contributed by atoms with Crippen molar-refractivity contribution >= 4 is 28.3 Å². The quantitative estimate of drug-likeness (QED) is 0.372. The molecule has 0 spiro atoms. The highest BCUT2D eigenvalue weighted by Gasteiger charge is 2.31. The average Bonchev–Trinajstić information content (AvgIpc) is 3.36. The zero-order valence-corrected chi connectivity index (χ0v) is 16.2. The maximum Gasteiger partial charge on any atom is 0.299 e. The first kappa shape index (κ1) is 18.3. The summed E-state index contributed by atoms with van der Waals surface area (Å²) in [5.41, 5.74) is 3.53. The smallest absolute Gasteiger partial charge is 0.299 e. The van der Waals surface area contributed by atoms with E-state index < -0.39 is 11.7 Å². The molecule has 0 radical (unpaired) electrons. The molecule has 1 aliphatic rings. The highest BCUT2D eigenvalue weighted by Crippen LogP contribution is 2.29. The topological polar surface area (TPSA) is 42.3 Å². The molecule has 0 saturated heterocycles. The number of hydrogen-bond donors (Lipinski definition) is 0. The minimum atomic E-state index is -0.546. The summed E-state index contributed by atoms with van der Waals surface area (Å²) in [6, 6.07) is 21.6. The van der Waals surface area contributed by atoms with Gasteiger partial charge in [0.15, 0.2) is 0 Å². The zero-order valence-electron chi connectivity index (χ0n) is 16.2. The van der Waals surface area contributed by atoms with E-state index in [4.69, 9.17) is 0 Å². The largest absolute Gasteiger partial charge is 0.342 e. The second-order valence-corrected chi connectivity index (χ2v) is 7.44. The van der Waals surface area contributed by atoms with Crippen molar-refractivity contribution in [2.75, 3.05) is 11.4 Å². The van der Waals surface area contributed by atoms with Crippen molar-refractivity contribution in [1.29, 1.82) is 0 Å². The molecule has 5 heteroatoms. The van der Waals surface area contributed by atoms with Crippen LogP contribution in [0.25, 0.3) is 10.9 Å². The van der Waals surface area contributed by atoms with Gasteiger partial charge in [0.1, 0.15) is 5.82 Å². The number of benzene rings is 3. The molecule has 1 aliphatic heterocycles. The fourth-order valence-electron chi connectivity index (χ4n) is 4.16. The van der Waals surface area contributed by atoms with Crippen LogP contribution in [0.5, 0.6) is 0 Å². The Morgan fingerprint density at radius 2 is 1.63 bits per heavy atom. The van der Waals surface area contributed by atoms with E-state index in [1.54, 1.807) is 29.3 Å². The normalized spacial score (nSPS) is 12.9. The fourth-order valence-corrected chi connectivity index (χ4v) is 4.16. The van der Waals surface area contributed by atoms with E-state index in [1.165, 1.54) is 6.07 Å². The number of carbonyl (C=O) groups excluding carboxylic acids is 2. The third kappa shape index (κ3) is 2.99. The minimum absolute atomic E-state index is 0.279. The van der Waals surface area contributed by atoms with Crippen molar-refractivity contribution < 1.29 is 14.0 Å². The predicted molar refractivity (Wildman–Crippen MR) is 114 cm³/mol. The van der Waals surface area contributed by atoms with Gasteiger partial charge in [-0.25, -0.2) is 4.39 Å². The SMILES string of the molecule is O=C(C(=O)N1CCc2ccccc21)c1cn(Cc2ccccc2F)c2ccccc12. The fraction of sp³-hybridized carbons (Fsp3) is 0.120. The van der Waals surface area contributed by atoms with Gasteiger partial charge in [0, 0.05) is 34.9 Å². The van der Waals surface area contributed by atoms with E-state index >= 15 is 0 Å². The van der Waals surface area contributed by atoms with Crippen LogP contribution in [0.3, 0.4) is 0 Å². The molecule has 0 saturated carbocycles. The Morgan fingerprint density at radius 3 is 2.50 bits per heavy atom. The second kappa shape index (κ2) is 7.26. The molecule has 0 aliphatic carbocycles. The molecule has 0 unspecified atom stereocenters. The summed E-state index contributed by atoms with van der Waals surface area (Å²) in [5, 5.41) is 0.694. The molecule has 3 aromatic carbocycles. The van der Waals surface area contributed by atoms with Crippen LogP contribution in [0, 0.1) is 5.82 Å². The number of halogens is 1. The second-order valence-electron chi connectivity index (χ2n) is 7.44. The van der Waals surface area contributed by atoms with Crippen molar-refractivity contribution in [1.82, 2.24) is 4.57 Å². The molecule has 1 amide bonds. The van der Waals surface area contributed by atoms with Gasteiger partial charge in [-0.15, -0.1) is 0 Å². The Morgan fingerprint density at radius 1 is 0.900 bits per heavy atom. The number of Topliss-reactive ketones (excluding diaryl/α,β-unsaturated/α-hetero) is 1. The first-order chi connectivity index (χ1) is 14.6. The number of amides is 1. The van der Waals surface area contributed by atoms with Crippen LogP contribution in [0.1, 0.15) is 21.5 Å². The first-order valence-corrected chi connectivity index (χ1v) is 9.89. The molecule has 30 heavy (non-hydrogen) atoms. The highest BCUT2D eigenvalue weighted by atomic mass is 19.1. The van der Waals surface area contributed by atoms with Crippen molar-refractivity contribution in [3.05, 3.63) is 102 Å². The summed E-state index contributed by atoms with van der Waals surface area (Å²) in [5.74, 6) is -1.38. The Labute approximate surface area is 173 Å². The van der Waals surface area contributed by atoms with Gasteiger partial charge in [-0.1, -0.05) is 54.6 Å². The molecule has 5 rings (SSSR count). The first-order valence-electron chi connectivity index (χ1n) is 9.89. The van der Waals surface area contributed by atoms with E-state index in [-0.39, 0.29) is 12.4 Å². The third-order valence-electron chi connectivity index (χ3n) is 5.66. The van der Waals surface area contributed by atoms with Crippen molar-refractivity contribution in [3.8, 4) is 0 Å². The maximum absolute atomic E-state index is 14.2. The molecule has 0 fully saturated rings. The number of carbonyl (C=O) groups is 2. The standard InChI is InChI=1S/C25H19FN2O2/c26-21-10-4-1-8-18(21)15-27-16-20(19-9-3-6-12-23(19)27)24(29)25(30)28-14-13-17-7-2-5-11-22(17)28/h1-12,16H,13-15H2. The van der Waals surface area contributed by atoms with Gasteiger partial charge in [-0.2, -0.15) is 0 Å². The van der Waals surface area contributed by atoms with E-state index in [2.05, 4.69) is 0 Å². The van der Waals surface area contributed by atoms with Gasteiger partial charge in [-0.3, -0.25) is 9.59 Å². The Hall–Kier alpha value is -3.73. The molecule has 2 heterocycles. The number of aromatic nitrogens is 1. The third-order valence-corrected chi connectivity index (χ3v) is 5.66. The Balaban J connectivity index is 1.53. The maximum atomic E-state index is 14.2. The highest BCUT2D eigenvalue weighted by molar-refractivity contribution is 6.49. The van der Waals surface area contributed by atoms with E-state index in [0.717, 1.165) is 23.2 Å². The van der Waals surface area contributed by atoms with Crippen LogP contribution in [0.4, 0.5) is 10.1 Å². The summed E-state index contributed by atoms with van der Waals surface area (Å²) in [4.78, 5) is 27.8. The Bertz CT molecular complexity index is 1290. The lowest BCUT2D eigenvalue weighted by Gasteiger charge is -2.16. The van der Waals surface area contributed by atoms with Gasteiger partial charge in [-0.05, 0) is 30.2 Å². The lowest BCUT2D eigenvalue weighted by molar-refractivity contribution is -0.114. The monoisotopic (exact) mass is 398 g/mol. The van der Waals surface area contributed by atoms with Crippen LogP contribution in [0.15, 0.2) is 79.0 Å². The Kier molecular flexibility index (Phi) is 4.43. The van der Waals surface area contributed by atoms with Gasteiger partial charge >= 0.3 is 0 Å². The zero-order chi connectivity index (χ0) is 20.7. The minimum Gasteiger partial charge on any atom is -0.342 e. The number of anilines is 1. The van der Waals surface area contributed by atoms with Crippen LogP contribution in [0.2, 0.25) is 0 Å². The molecular weight excluding hydrogens is 379 g/mol. The molecule has 4 nitrogen and oxygen atoms in total. The number of para-hydroxylation sites is 2. The summed E-state index contributed by atoms with van der Waals surface area (Å²) in [7, 11) is 0. The van der Waals surface area contributed by atoms with Crippen molar-refractivity contribution in [3.63, 3.8) is 0 Å². The van der Waals surface area contributed by atoms with E-state index in [1.807, 2.05) is 53.1 Å². The molecule has 1 aromatic heterocycles. The lowest BCUT2D eigenvalue weighted by Crippen LogP contribution is -2.35. The molecule has 0 atom stereocenters. The van der Waals surface area contributed by atoms with Crippen LogP contribution >= 0.6 is 0 Å². The van der Waals surface area contributed by atoms with Crippen LogP contribution in [-0.2, 0) is 17.8 Å². The number of hydrogen-bond acceptors (Lipinski definition) is 2. The van der Waals surface area contributed by atoms with Gasteiger partial charge in [0.2, 0.25) is 0 Å². The van der Waals surface area contributed by atoms with Crippen molar-refractivity contribution in [2.24, 2.45) is 0 Å². The van der Waals surface area contributed by atoms with Crippen molar-refractivity contribution in [2.45, 2.75) is 13.0 Å². The van der Waals surface area contributed by atoms with Crippen LogP contribution < -0.4 is 4.90 Å².